The standard InChI is InChI=1S/C19H22N2O3/c1-23-17-9-8-15(14-18(17)24-2)19(22)21-12-10-20(11-13-21)16-6-4-3-5-7-16/h3-9,14H,10-13H2,1-2H3. The van der Waals surface area contributed by atoms with Gasteiger partial charge < -0.3 is 19.3 Å². The summed E-state index contributed by atoms with van der Waals surface area (Å²) in [6, 6.07) is 15.6. The molecule has 2 aromatic carbocycles. The monoisotopic (exact) mass is 326 g/mol. The molecule has 24 heavy (non-hydrogen) atoms. The van der Waals surface area contributed by atoms with Crippen molar-refractivity contribution in [1.29, 1.82) is 0 Å². The molecule has 0 N–H and O–H groups in total. The fourth-order valence-electron chi connectivity index (χ4n) is 2.96. The predicted octanol–water partition coefficient (Wildman–Crippen LogP) is 2.67. The van der Waals surface area contributed by atoms with Crippen LogP contribution in [0.1, 0.15) is 10.4 Å². The SMILES string of the molecule is COc1ccc(C(=O)N2CCN(c3ccccc3)CC2)cc1OC. The van der Waals surface area contributed by atoms with Gasteiger partial charge in [-0.1, -0.05) is 18.2 Å². The Labute approximate surface area is 142 Å². The van der Waals surface area contributed by atoms with Gasteiger partial charge >= 0.3 is 0 Å². The summed E-state index contributed by atoms with van der Waals surface area (Å²) in [6.45, 7) is 3.09. The van der Waals surface area contributed by atoms with Crippen LogP contribution in [0.25, 0.3) is 0 Å². The molecule has 0 aliphatic carbocycles. The van der Waals surface area contributed by atoms with Gasteiger partial charge in [-0.15, -0.1) is 0 Å². The Morgan fingerprint density at radius 3 is 2.17 bits per heavy atom. The summed E-state index contributed by atoms with van der Waals surface area (Å²) in [6.07, 6.45) is 0. The normalized spacial score (nSPS) is 14.4. The summed E-state index contributed by atoms with van der Waals surface area (Å²) >= 11 is 0. The van der Waals surface area contributed by atoms with Crippen LogP contribution in [0.5, 0.6) is 11.5 Å². The molecule has 1 amide bonds. The van der Waals surface area contributed by atoms with Gasteiger partial charge in [0.2, 0.25) is 0 Å². The molecule has 0 aromatic heterocycles. The first-order chi connectivity index (χ1) is 11.7. The molecule has 1 heterocycles. The Hall–Kier alpha value is -2.69. The van der Waals surface area contributed by atoms with Gasteiger partial charge in [0.05, 0.1) is 14.2 Å². The van der Waals surface area contributed by atoms with Crippen LogP contribution in [0.4, 0.5) is 5.69 Å². The molecule has 1 aliphatic rings. The number of hydrogen-bond donors (Lipinski definition) is 0. The molecule has 0 saturated carbocycles. The van der Waals surface area contributed by atoms with Crippen molar-refractivity contribution < 1.29 is 14.3 Å². The highest BCUT2D eigenvalue weighted by Gasteiger charge is 2.23. The van der Waals surface area contributed by atoms with Gasteiger partial charge in [-0.25, -0.2) is 0 Å². The Bertz CT molecular complexity index is 695. The van der Waals surface area contributed by atoms with Gasteiger partial charge in [0.1, 0.15) is 0 Å². The summed E-state index contributed by atoms with van der Waals surface area (Å²) in [5.41, 5.74) is 1.83. The van der Waals surface area contributed by atoms with Crippen LogP contribution in [0.15, 0.2) is 48.5 Å². The first-order valence-corrected chi connectivity index (χ1v) is 8.04. The Balaban J connectivity index is 1.67. The maximum atomic E-state index is 12.7. The zero-order valence-electron chi connectivity index (χ0n) is 14.1. The van der Waals surface area contributed by atoms with Crippen LogP contribution in [-0.2, 0) is 0 Å². The van der Waals surface area contributed by atoms with Gasteiger partial charge in [-0.05, 0) is 30.3 Å². The fraction of sp³-hybridized carbons (Fsp3) is 0.316. The molecule has 126 valence electrons. The minimum atomic E-state index is 0.0312. The van der Waals surface area contributed by atoms with Crippen LogP contribution in [0.3, 0.4) is 0 Å². The molecule has 0 radical (unpaired) electrons. The van der Waals surface area contributed by atoms with Crippen LogP contribution in [0.2, 0.25) is 0 Å². The fourth-order valence-corrected chi connectivity index (χ4v) is 2.96. The largest absolute Gasteiger partial charge is 0.493 e. The summed E-state index contributed by atoms with van der Waals surface area (Å²) in [4.78, 5) is 16.9. The number of benzene rings is 2. The van der Waals surface area contributed by atoms with E-state index in [1.54, 1.807) is 32.4 Å². The number of carbonyl (C=O) groups is 1. The topological polar surface area (TPSA) is 42.0 Å². The van der Waals surface area contributed by atoms with E-state index in [9.17, 15) is 4.79 Å². The lowest BCUT2D eigenvalue weighted by molar-refractivity contribution is 0.0746. The summed E-state index contributed by atoms with van der Waals surface area (Å²) in [5, 5.41) is 0. The van der Waals surface area contributed by atoms with Crippen molar-refractivity contribution in [2.75, 3.05) is 45.3 Å². The van der Waals surface area contributed by atoms with Crippen molar-refractivity contribution in [3.63, 3.8) is 0 Å². The van der Waals surface area contributed by atoms with Crippen molar-refractivity contribution in [2.45, 2.75) is 0 Å². The van der Waals surface area contributed by atoms with E-state index in [0.717, 1.165) is 13.1 Å². The maximum Gasteiger partial charge on any atom is 0.254 e. The van der Waals surface area contributed by atoms with E-state index in [1.807, 2.05) is 23.1 Å². The van der Waals surface area contributed by atoms with Crippen LogP contribution in [-0.4, -0.2) is 51.2 Å². The van der Waals surface area contributed by atoms with Crippen molar-refractivity contribution in [1.82, 2.24) is 4.90 Å². The third-order valence-corrected chi connectivity index (χ3v) is 4.32. The second kappa shape index (κ2) is 7.25. The average Bonchev–Trinajstić information content (AvgIpc) is 2.67. The van der Waals surface area contributed by atoms with Gasteiger partial charge in [0.25, 0.3) is 5.91 Å². The van der Waals surface area contributed by atoms with Gasteiger partial charge in [-0.3, -0.25) is 4.79 Å². The van der Waals surface area contributed by atoms with Crippen molar-refractivity contribution in [2.24, 2.45) is 0 Å². The van der Waals surface area contributed by atoms with Gasteiger partial charge in [0.15, 0.2) is 11.5 Å². The number of nitrogens with zero attached hydrogens (tertiary/aromatic N) is 2. The zero-order chi connectivity index (χ0) is 16.9. The van der Waals surface area contributed by atoms with Crippen LogP contribution in [0, 0.1) is 0 Å². The number of ether oxygens (including phenoxy) is 2. The number of piperazine rings is 1. The molecule has 5 heteroatoms. The lowest BCUT2D eigenvalue weighted by Crippen LogP contribution is -2.48. The molecule has 0 atom stereocenters. The molecule has 2 aromatic rings. The van der Waals surface area contributed by atoms with E-state index >= 15 is 0 Å². The Morgan fingerprint density at radius 1 is 0.875 bits per heavy atom. The highest BCUT2D eigenvalue weighted by atomic mass is 16.5. The molecule has 0 unspecified atom stereocenters. The van der Waals surface area contributed by atoms with E-state index in [0.29, 0.717) is 30.2 Å². The molecule has 1 saturated heterocycles. The summed E-state index contributed by atoms with van der Waals surface area (Å²) in [5.74, 6) is 1.23. The van der Waals surface area contributed by atoms with E-state index in [-0.39, 0.29) is 5.91 Å². The molecule has 5 nitrogen and oxygen atoms in total. The zero-order valence-corrected chi connectivity index (χ0v) is 14.1. The first-order valence-electron chi connectivity index (χ1n) is 8.04. The minimum absolute atomic E-state index is 0.0312. The van der Waals surface area contributed by atoms with Crippen LogP contribution < -0.4 is 14.4 Å². The first kappa shape index (κ1) is 16.2. The van der Waals surface area contributed by atoms with Gasteiger partial charge in [-0.2, -0.15) is 0 Å². The van der Waals surface area contributed by atoms with Crippen molar-refractivity contribution in [3.8, 4) is 11.5 Å². The number of carbonyl (C=O) groups excluding carboxylic acids is 1. The predicted molar refractivity (Wildman–Crippen MR) is 94.1 cm³/mol. The third-order valence-electron chi connectivity index (χ3n) is 4.32. The quantitative estimate of drug-likeness (QED) is 0.866. The molecule has 0 spiro atoms. The summed E-state index contributed by atoms with van der Waals surface area (Å²) in [7, 11) is 3.16. The molecule has 1 aliphatic heterocycles. The lowest BCUT2D eigenvalue weighted by atomic mass is 10.1. The third kappa shape index (κ3) is 3.30. The number of anilines is 1. The van der Waals surface area contributed by atoms with Crippen molar-refractivity contribution >= 4 is 11.6 Å². The Morgan fingerprint density at radius 2 is 1.54 bits per heavy atom. The average molecular weight is 326 g/mol. The molecule has 3 rings (SSSR count). The minimum Gasteiger partial charge on any atom is -0.493 e. The molecule has 1 fully saturated rings. The smallest absolute Gasteiger partial charge is 0.254 e. The Kier molecular flexibility index (Phi) is 4.89. The molecular formula is C19H22N2O3. The number of amides is 1. The summed E-state index contributed by atoms with van der Waals surface area (Å²) < 4.78 is 10.5. The number of para-hydroxylation sites is 1. The second-order valence-electron chi connectivity index (χ2n) is 5.68. The van der Waals surface area contributed by atoms with Crippen molar-refractivity contribution in [3.05, 3.63) is 54.1 Å². The highest BCUT2D eigenvalue weighted by Crippen LogP contribution is 2.28. The maximum absolute atomic E-state index is 12.7. The molecule has 0 bridgehead atoms. The second-order valence-corrected chi connectivity index (χ2v) is 5.68. The lowest BCUT2D eigenvalue weighted by Gasteiger charge is -2.36. The van der Waals surface area contributed by atoms with E-state index in [2.05, 4.69) is 17.0 Å². The van der Waals surface area contributed by atoms with Crippen LogP contribution >= 0.6 is 0 Å². The van der Waals surface area contributed by atoms with Gasteiger partial charge in [0, 0.05) is 37.4 Å². The molecular weight excluding hydrogens is 304 g/mol. The number of rotatable bonds is 4. The number of methoxy groups -OCH3 is 2. The highest BCUT2D eigenvalue weighted by molar-refractivity contribution is 5.95. The van der Waals surface area contributed by atoms with E-state index < -0.39 is 0 Å². The number of hydrogen-bond acceptors (Lipinski definition) is 4. The van der Waals surface area contributed by atoms with E-state index in [4.69, 9.17) is 9.47 Å². The van der Waals surface area contributed by atoms with E-state index in [1.165, 1.54) is 5.69 Å².